The Labute approximate surface area is 83.8 Å². The van der Waals surface area contributed by atoms with Crippen molar-refractivity contribution in [3.05, 3.63) is 0 Å². The van der Waals surface area contributed by atoms with Crippen molar-refractivity contribution in [3.63, 3.8) is 0 Å². The smallest absolute Gasteiger partial charge is 0.168 e. The van der Waals surface area contributed by atoms with Gasteiger partial charge in [-0.15, -0.1) is 0 Å². The second-order valence-electron chi connectivity index (χ2n) is 3.56. The van der Waals surface area contributed by atoms with Crippen LogP contribution in [0.5, 0.6) is 0 Å². The maximum atomic E-state index is 11.4. The van der Waals surface area contributed by atoms with Crippen LogP contribution < -0.4 is 0 Å². The first-order valence-electron chi connectivity index (χ1n) is 4.67. The molecule has 14 heavy (non-hydrogen) atoms. The molecule has 0 N–H and O–H groups in total. The highest BCUT2D eigenvalue weighted by atomic mass is 16.7. The molecule has 78 valence electrons. The highest BCUT2D eigenvalue weighted by Crippen LogP contribution is 2.38. The van der Waals surface area contributed by atoms with Gasteiger partial charge in [-0.2, -0.15) is 5.26 Å². The molecular weight excluding hydrogens is 182 g/mol. The van der Waals surface area contributed by atoms with Crippen LogP contribution in [0.4, 0.5) is 0 Å². The zero-order valence-corrected chi connectivity index (χ0v) is 8.58. The van der Waals surface area contributed by atoms with Crippen molar-refractivity contribution in [1.29, 1.82) is 5.26 Å². The number of nitriles is 1. The normalized spacial score (nSPS) is 24.5. The number of carbonyl (C=O) groups excluding carboxylic acids is 1. The van der Waals surface area contributed by atoms with E-state index < -0.39 is 5.79 Å². The number of Topliss-reactive ketones (excluding diaryl/α,β-unsaturated/α-hetero) is 1. The van der Waals surface area contributed by atoms with E-state index in [0.717, 1.165) is 12.8 Å². The van der Waals surface area contributed by atoms with Gasteiger partial charge in [0.1, 0.15) is 5.78 Å². The lowest BCUT2D eigenvalue weighted by atomic mass is 10.0. The lowest BCUT2D eigenvalue weighted by molar-refractivity contribution is -0.202. The van der Waals surface area contributed by atoms with Crippen molar-refractivity contribution in [3.8, 4) is 6.07 Å². The summed E-state index contributed by atoms with van der Waals surface area (Å²) < 4.78 is 10.5. The van der Waals surface area contributed by atoms with E-state index in [1.165, 1.54) is 0 Å². The molecule has 1 aliphatic rings. The van der Waals surface area contributed by atoms with Gasteiger partial charge in [0, 0.05) is 33.0 Å². The third-order valence-electron chi connectivity index (χ3n) is 2.88. The molecule has 1 fully saturated rings. The molecule has 0 heterocycles. The van der Waals surface area contributed by atoms with Gasteiger partial charge in [-0.3, -0.25) is 4.79 Å². The lowest BCUT2D eigenvalue weighted by Gasteiger charge is -2.25. The molecule has 0 unspecified atom stereocenters. The minimum Gasteiger partial charge on any atom is -0.353 e. The molecule has 0 aromatic rings. The minimum absolute atomic E-state index is 0.00322. The maximum Gasteiger partial charge on any atom is 0.168 e. The Morgan fingerprint density at radius 1 is 1.57 bits per heavy atom. The number of methoxy groups -OCH3 is 2. The molecular formula is C10H15NO3. The van der Waals surface area contributed by atoms with E-state index in [0.29, 0.717) is 6.42 Å². The fourth-order valence-electron chi connectivity index (χ4n) is 1.92. The Morgan fingerprint density at radius 2 is 2.21 bits per heavy atom. The lowest BCUT2D eigenvalue weighted by Crippen LogP contribution is -2.30. The van der Waals surface area contributed by atoms with E-state index in [4.69, 9.17) is 14.7 Å². The average molecular weight is 197 g/mol. The number of nitrogens with zero attached hydrogens (tertiary/aromatic N) is 1. The molecule has 0 aromatic heterocycles. The summed E-state index contributed by atoms with van der Waals surface area (Å²) in [5, 5.41) is 8.41. The topological polar surface area (TPSA) is 59.3 Å². The van der Waals surface area contributed by atoms with E-state index >= 15 is 0 Å². The largest absolute Gasteiger partial charge is 0.353 e. The van der Waals surface area contributed by atoms with Crippen LogP contribution in [0.1, 0.15) is 25.7 Å². The van der Waals surface area contributed by atoms with E-state index in [1.54, 1.807) is 14.2 Å². The van der Waals surface area contributed by atoms with E-state index in [9.17, 15) is 4.79 Å². The molecule has 0 saturated heterocycles. The first kappa shape index (κ1) is 11.2. The van der Waals surface area contributed by atoms with Gasteiger partial charge in [-0.1, -0.05) is 0 Å². The zero-order chi connectivity index (χ0) is 10.6. The van der Waals surface area contributed by atoms with Crippen molar-refractivity contribution in [2.24, 2.45) is 5.92 Å². The van der Waals surface area contributed by atoms with Crippen molar-refractivity contribution < 1.29 is 14.3 Å². The highest BCUT2D eigenvalue weighted by Gasteiger charge is 2.42. The molecule has 0 aliphatic heterocycles. The Morgan fingerprint density at radius 3 is 2.64 bits per heavy atom. The van der Waals surface area contributed by atoms with E-state index in [1.807, 2.05) is 6.07 Å². The van der Waals surface area contributed by atoms with Crippen LogP contribution in [0.15, 0.2) is 0 Å². The molecule has 4 heteroatoms. The van der Waals surface area contributed by atoms with Gasteiger partial charge < -0.3 is 9.47 Å². The molecule has 0 spiro atoms. The molecule has 1 rings (SSSR count). The second kappa shape index (κ2) is 4.54. The first-order chi connectivity index (χ1) is 6.67. The zero-order valence-electron chi connectivity index (χ0n) is 8.58. The summed E-state index contributed by atoms with van der Waals surface area (Å²) in [5.41, 5.74) is 0. The van der Waals surface area contributed by atoms with Crippen LogP contribution in [0.25, 0.3) is 0 Å². The van der Waals surface area contributed by atoms with Crippen molar-refractivity contribution in [2.75, 3.05) is 14.2 Å². The van der Waals surface area contributed by atoms with Crippen molar-refractivity contribution >= 4 is 5.78 Å². The monoisotopic (exact) mass is 197 g/mol. The molecule has 1 saturated carbocycles. The van der Waals surface area contributed by atoms with Crippen LogP contribution in [0.2, 0.25) is 0 Å². The number of ketones is 1. The minimum atomic E-state index is -0.601. The van der Waals surface area contributed by atoms with E-state index in [2.05, 4.69) is 0 Å². The average Bonchev–Trinajstić information content (AvgIpc) is 2.63. The van der Waals surface area contributed by atoms with Crippen molar-refractivity contribution in [2.45, 2.75) is 31.5 Å². The summed E-state index contributed by atoms with van der Waals surface area (Å²) >= 11 is 0. The van der Waals surface area contributed by atoms with E-state index in [-0.39, 0.29) is 18.1 Å². The fraction of sp³-hybridized carbons (Fsp3) is 0.800. The van der Waals surface area contributed by atoms with Crippen molar-refractivity contribution in [1.82, 2.24) is 0 Å². The van der Waals surface area contributed by atoms with Gasteiger partial charge in [0.2, 0.25) is 0 Å². The summed E-state index contributed by atoms with van der Waals surface area (Å²) in [5.74, 6) is -0.673. The Hall–Kier alpha value is -0.920. The predicted molar refractivity (Wildman–Crippen MR) is 49.3 cm³/mol. The molecule has 0 amide bonds. The summed E-state index contributed by atoms with van der Waals surface area (Å²) in [6.45, 7) is 0. The standard InChI is InChI=1S/C10H15NO3/c1-13-10(14-2)5-3-8(7-10)9(12)4-6-11/h8H,3-5,7H2,1-2H3/t8-/m0/s1. The van der Waals surface area contributed by atoms with Crippen LogP contribution in [0.3, 0.4) is 0 Å². The van der Waals surface area contributed by atoms with Crippen LogP contribution in [0, 0.1) is 17.2 Å². The third kappa shape index (κ3) is 2.11. The van der Waals surface area contributed by atoms with Gasteiger partial charge >= 0.3 is 0 Å². The summed E-state index contributed by atoms with van der Waals surface area (Å²) in [6.07, 6.45) is 2.04. The molecule has 0 bridgehead atoms. The maximum absolute atomic E-state index is 11.4. The predicted octanol–water partition coefficient (Wildman–Crippen LogP) is 1.26. The van der Waals surface area contributed by atoms with Gasteiger partial charge in [0.15, 0.2) is 5.79 Å². The Bertz CT molecular complexity index is 253. The number of rotatable bonds is 4. The SMILES string of the molecule is COC1(OC)CC[C@H](C(=O)CC#N)C1. The highest BCUT2D eigenvalue weighted by molar-refractivity contribution is 5.83. The number of ether oxygens (including phenoxy) is 2. The van der Waals surface area contributed by atoms with Gasteiger partial charge in [-0.25, -0.2) is 0 Å². The Balaban J connectivity index is 2.56. The summed E-state index contributed by atoms with van der Waals surface area (Å²) in [4.78, 5) is 11.4. The van der Waals surface area contributed by atoms with Gasteiger partial charge in [0.05, 0.1) is 12.5 Å². The third-order valence-corrected chi connectivity index (χ3v) is 2.88. The first-order valence-corrected chi connectivity index (χ1v) is 4.67. The van der Waals surface area contributed by atoms with Gasteiger partial charge in [0.25, 0.3) is 0 Å². The fourth-order valence-corrected chi connectivity index (χ4v) is 1.92. The van der Waals surface area contributed by atoms with Crippen LogP contribution in [-0.4, -0.2) is 25.8 Å². The number of hydrogen-bond acceptors (Lipinski definition) is 4. The molecule has 4 nitrogen and oxygen atoms in total. The quantitative estimate of drug-likeness (QED) is 0.636. The Kier molecular flexibility index (Phi) is 3.62. The molecule has 1 aliphatic carbocycles. The van der Waals surface area contributed by atoms with Crippen LogP contribution in [-0.2, 0) is 14.3 Å². The summed E-state index contributed by atoms with van der Waals surface area (Å²) in [7, 11) is 3.17. The molecule has 0 aromatic carbocycles. The molecule has 1 atom stereocenters. The summed E-state index contributed by atoms with van der Waals surface area (Å²) in [6, 6.07) is 1.88. The van der Waals surface area contributed by atoms with Crippen LogP contribution >= 0.6 is 0 Å². The molecule has 0 radical (unpaired) electrons. The van der Waals surface area contributed by atoms with Gasteiger partial charge in [-0.05, 0) is 6.42 Å². The second-order valence-corrected chi connectivity index (χ2v) is 3.56. The number of carbonyl (C=O) groups is 1. The number of hydrogen-bond donors (Lipinski definition) is 0.